The standard InChI is InChI=1S/C9H17NO2/c1-7-4-3-5-8(6-10-7)9(11)12-2/h7-8,10H,3-6H2,1-2H3. The van der Waals surface area contributed by atoms with E-state index in [-0.39, 0.29) is 11.9 Å². The summed E-state index contributed by atoms with van der Waals surface area (Å²) >= 11 is 0. The van der Waals surface area contributed by atoms with Crippen LogP contribution in [-0.2, 0) is 9.53 Å². The molecule has 1 rings (SSSR count). The fourth-order valence-corrected chi connectivity index (χ4v) is 1.59. The zero-order valence-electron chi connectivity index (χ0n) is 7.80. The smallest absolute Gasteiger partial charge is 0.309 e. The van der Waals surface area contributed by atoms with E-state index in [0.717, 1.165) is 25.8 Å². The molecule has 12 heavy (non-hydrogen) atoms. The highest BCUT2D eigenvalue weighted by molar-refractivity contribution is 5.72. The SMILES string of the molecule is COC(=O)C1CCCC(C)NC1. The van der Waals surface area contributed by atoms with E-state index in [2.05, 4.69) is 12.2 Å². The molecule has 0 aromatic heterocycles. The van der Waals surface area contributed by atoms with Gasteiger partial charge in [0.1, 0.15) is 0 Å². The number of carbonyl (C=O) groups excluding carboxylic acids is 1. The van der Waals surface area contributed by atoms with E-state index >= 15 is 0 Å². The monoisotopic (exact) mass is 171 g/mol. The van der Waals surface area contributed by atoms with Crippen molar-refractivity contribution < 1.29 is 9.53 Å². The van der Waals surface area contributed by atoms with Gasteiger partial charge in [0.25, 0.3) is 0 Å². The maximum atomic E-state index is 11.2. The molecule has 2 unspecified atom stereocenters. The third-order valence-electron chi connectivity index (χ3n) is 2.44. The van der Waals surface area contributed by atoms with Gasteiger partial charge >= 0.3 is 5.97 Å². The van der Waals surface area contributed by atoms with Crippen LogP contribution in [0.4, 0.5) is 0 Å². The summed E-state index contributed by atoms with van der Waals surface area (Å²) in [5, 5.41) is 3.31. The minimum atomic E-state index is -0.0726. The Morgan fingerprint density at radius 2 is 2.25 bits per heavy atom. The Bertz CT molecular complexity index is 159. The lowest BCUT2D eigenvalue weighted by molar-refractivity contribution is -0.145. The van der Waals surface area contributed by atoms with E-state index in [1.54, 1.807) is 0 Å². The van der Waals surface area contributed by atoms with Gasteiger partial charge in [0.15, 0.2) is 0 Å². The third-order valence-corrected chi connectivity index (χ3v) is 2.44. The number of ether oxygens (including phenoxy) is 1. The molecular formula is C9H17NO2. The predicted molar refractivity (Wildman–Crippen MR) is 46.8 cm³/mol. The van der Waals surface area contributed by atoms with Crippen molar-refractivity contribution >= 4 is 5.97 Å². The summed E-state index contributed by atoms with van der Waals surface area (Å²) in [5.41, 5.74) is 0. The zero-order chi connectivity index (χ0) is 8.97. The van der Waals surface area contributed by atoms with E-state index in [0.29, 0.717) is 6.04 Å². The quantitative estimate of drug-likeness (QED) is 0.597. The Kier molecular flexibility index (Phi) is 3.53. The van der Waals surface area contributed by atoms with Gasteiger partial charge in [0.2, 0.25) is 0 Å². The largest absolute Gasteiger partial charge is 0.469 e. The fraction of sp³-hybridized carbons (Fsp3) is 0.889. The van der Waals surface area contributed by atoms with Crippen LogP contribution in [0.15, 0.2) is 0 Å². The average Bonchev–Trinajstić information content (AvgIpc) is 2.29. The van der Waals surface area contributed by atoms with Gasteiger partial charge in [-0.2, -0.15) is 0 Å². The van der Waals surface area contributed by atoms with Crippen molar-refractivity contribution in [1.29, 1.82) is 0 Å². The van der Waals surface area contributed by atoms with Crippen LogP contribution >= 0.6 is 0 Å². The van der Waals surface area contributed by atoms with E-state index < -0.39 is 0 Å². The molecule has 0 aromatic carbocycles. The van der Waals surface area contributed by atoms with Crippen LogP contribution in [0.5, 0.6) is 0 Å². The third kappa shape index (κ3) is 2.48. The van der Waals surface area contributed by atoms with E-state index in [9.17, 15) is 4.79 Å². The van der Waals surface area contributed by atoms with E-state index in [1.807, 2.05) is 0 Å². The van der Waals surface area contributed by atoms with Crippen molar-refractivity contribution in [3.63, 3.8) is 0 Å². The fourth-order valence-electron chi connectivity index (χ4n) is 1.59. The van der Waals surface area contributed by atoms with Gasteiger partial charge in [0, 0.05) is 12.6 Å². The first kappa shape index (κ1) is 9.52. The topological polar surface area (TPSA) is 38.3 Å². The first-order chi connectivity index (χ1) is 5.74. The number of esters is 1. The molecule has 1 N–H and O–H groups in total. The summed E-state index contributed by atoms with van der Waals surface area (Å²) in [4.78, 5) is 11.2. The molecule has 3 heteroatoms. The molecule has 1 aliphatic rings. The summed E-state index contributed by atoms with van der Waals surface area (Å²) < 4.78 is 4.70. The highest BCUT2D eigenvalue weighted by atomic mass is 16.5. The minimum Gasteiger partial charge on any atom is -0.469 e. The summed E-state index contributed by atoms with van der Waals surface area (Å²) in [6.07, 6.45) is 3.24. The molecule has 70 valence electrons. The van der Waals surface area contributed by atoms with Gasteiger partial charge in [-0.25, -0.2) is 0 Å². The number of hydrogen-bond acceptors (Lipinski definition) is 3. The zero-order valence-corrected chi connectivity index (χ0v) is 7.80. The second-order valence-electron chi connectivity index (χ2n) is 3.46. The summed E-state index contributed by atoms with van der Waals surface area (Å²) in [5.74, 6) is -0.00319. The van der Waals surface area contributed by atoms with Crippen molar-refractivity contribution in [3.8, 4) is 0 Å². The molecule has 1 fully saturated rings. The summed E-state index contributed by atoms with van der Waals surface area (Å²) in [6.45, 7) is 2.92. The number of carbonyl (C=O) groups is 1. The molecule has 2 atom stereocenters. The van der Waals surface area contributed by atoms with E-state index in [4.69, 9.17) is 4.74 Å². The number of rotatable bonds is 1. The van der Waals surface area contributed by atoms with Crippen LogP contribution in [0.25, 0.3) is 0 Å². The first-order valence-corrected chi connectivity index (χ1v) is 4.55. The summed E-state index contributed by atoms with van der Waals surface area (Å²) in [7, 11) is 1.46. The molecule has 0 radical (unpaired) electrons. The number of methoxy groups -OCH3 is 1. The average molecular weight is 171 g/mol. The maximum Gasteiger partial charge on any atom is 0.309 e. The second-order valence-corrected chi connectivity index (χ2v) is 3.46. The van der Waals surface area contributed by atoms with Gasteiger partial charge < -0.3 is 10.1 Å². The van der Waals surface area contributed by atoms with Crippen molar-refractivity contribution in [2.45, 2.75) is 32.2 Å². The molecular weight excluding hydrogens is 154 g/mol. The summed E-state index contributed by atoms with van der Waals surface area (Å²) in [6, 6.07) is 0.541. The van der Waals surface area contributed by atoms with Crippen LogP contribution in [-0.4, -0.2) is 25.7 Å². The van der Waals surface area contributed by atoms with Gasteiger partial charge in [0.05, 0.1) is 13.0 Å². The number of hydrogen-bond donors (Lipinski definition) is 1. The van der Waals surface area contributed by atoms with Crippen LogP contribution in [0.2, 0.25) is 0 Å². The van der Waals surface area contributed by atoms with Crippen LogP contribution in [0.1, 0.15) is 26.2 Å². The predicted octanol–water partition coefficient (Wildman–Crippen LogP) is 0.938. The van der Waals surface area contributed by atoms with Crippen molar-refractivity contribution in [1.82, 2.24) is 5.32 Å². The molecule has 1 aliphatic heterocycles. The molecule has 0 spiro atoms. The van der Waals surface area contributed by atoms with Gasteiger partial charge in [-0.05, 0) is 19.8 Å². The van der Waals surface area contributed by atoms with Crippen molar-refractivity contribution in [2.24, 2.45) is 5.92 Å². The lowest BCUT2D eigenvalue weighted by Crippen LogP contribution is -2.31. The second kappa shape index (κ2) is 4.45. The molecule has 1 saturated heterocycles. The Balaban J connectivity index is 2.40. The first-order valence-electron chi connectivity index (χ1n) is 4.55. The van der Waals surface area contributed by atoms with Crippen LogP contribution < -0.4 is 5.32 Å². The highest BCUT2D eigenvalue weighted by Crippen LogP contribution is 2.15. The van der Waals surface area contributed by atoms with Crippen LogP contribution in [0.3, 0.4) is 0 Å². The van der Waals surface area contributed by atoms with Crippen molar-refractivity contribution in [2.75, 3.05) is 13.7 Å². The Morgan fingerprint density at radius 3 is 2.92 bits per heavy atom. The normalized spacial score (nSPS) is 30.8. The lowest BCUT2D eigenvalue weighted by Gasteiger charge is -2.12. The van der Waals surface area contributed by atoms with Gasteiger partial charge in [-0.1, -0.05) is 6.42 Å². The molecule has 0 aromatic rings. The minimum absolute atomic E-state index is 0.0694. The number of nitrogens with one attached hydrogen (secondary N) is 1. The molecule has 0 saturated carbocycles. The highest BCUT2D eigenvalue weighted by Gasteiger charge is 2.22. The lowest BCUT2D eigenvalue weighted by atomic mass is 10.0. The molecule has 0 amide bonds. The molecule has 3 nitrogen and oxygen atoms in total. The van der Waals surface area contributed by atoms with Gasteiger partial charge in [-0.15, -0.1) is 0 Å². The van der Waals surface area contributed by atoms with Gasteiger partial charge in [-0.3, -0.25) is 4.79 Å². The molecule has 1 heterocycles. The Labute approximate surface area is 73.5 Å². The van der Waals surface area contributed by atoms with E-state index in [1.165, 1.54) is 7.11 Å². The maximum absolute atomic E-state index is 11.2. The molecule has 0 aliphatic carbocycles. The van der Waals surface area contributed by atoms with Crippen LogP contribution in [0, 0.1) is 5.92 Å². The molecule has 0 bridgehead atoms. The Morgan fingerprint density at radius 1 is 1.50 bits per heavy atom. The van der Waals surface area contributed by atoms with Crippen molar-refractivity contribution in [3.05, 3.63) is 0 Å². The Hall–Kier alpha value is -0.570.